The van der Waals surface area contributed by atoms with Crippen molar-refractivity contribution in [3.63, 3.8) is 0 Å². The summed E-state index contributed by atoms with van der Waals surface area (Å²) in [6.07, 6.45) is 1.77. The molecule has 32 heavy (non-hydrogen) atoms. The number of aromatic nitrogens is 2. The van der Waals surface area contributed by atoms with Gasteiger partial charge in [-0.2, -0.15) is 5.10 Å². The van der Waals surface area contributed by atoms with Crippen molar-refractivity contribution in [2.45, 2.75) is 20.1 Å². The van der Waals surface area contributed by atoms with Gasteiger partial charge in [0.05, 0.1) is 11.0 Å². The van der Waals surface area contributed by atoms with E-state index in [-0.39, 0.29) is 12.4 Å². The number of carbonyl (C=O) groups excluding carboxylic acids is 1. The third-order valence-electron chi connectivity index (χ3n) is 4.63. The zero-order valence-electron chi connectivity index (χ0n) is 16.9. The fourth-order valence-corrected chi connectivity index (χ4v) is 3.87. The molecule has 0 bridgehead atoms. The molecule has 0 unspecified atom stereocenters. The molecule has 1 N–H and O–H groups in total. The van der Waals surface area contributed by atoms with E-state index in [1.807, 2.05) is 37.3 Å². The topological polar surface area (TPSA) is 69.3 Å². The van der Waals surface area contributed by atoms with Gasteiger partial charge in [-0.1, -0.05) is 41.4 Å². The molecule has 6 nitrogen and oxygen atoms in total. The van der Waals surface area contributed by atoms with Gasteiger partial charge in [0.2, 0.25) is 0 Å². The number of ether oxygens (including phenoxy) is 1. The van der Waals surface area contributed by atoms with E-state index in [1.165, 1.54) is 0 Å². The molecular formula is C23H18BrCl2N3O3. The quantitative estimate of drug-likeness (QED) is 0.285. The average molecular weight is 535 g/mol. The standard InChI is InChI=1S/C23H18BrCl2N3O3/c1-14-10-16(25)6-8-20(14)31-13-17-7-9-21(32-17)23(30)27-22-18(24)12-29(28-22)11-15-4-2-3-5-19(15)26/h2-10,12H,11,13H2,1H3,(H,27,28,30). The van der Waals surface area contributed by atoms with Crippen LogP contribution in [0.15, 0.2) is 69.7 Å². The summed E-state index contributed by atoms with van der Waals surface area (Å²) in [6.45, 7) is 2.57. The van der Waals surface area contributed by atoms with Crippen molar-refractivity contribution in [1.82, 2.24) is 9.78 Å². The number of halogens is 3. The van der Waals surface area contributed by atoms with Crippen LogP contribution in [-0.2, 0) is 13.2 Å². The highest BCUT2D eigenvalue weighted by Crippen LogP contribution is 2.25. The Morgan fingerprint density at radius 2 is 2.00 bits per heavy atom. The molecule has 0 aliphatic heterocycles. The molecule has 0 radical (unpaired) electrons. The number of rotatable bonds is 7. The summed E-state index contributed by atoms with van der Waals surface area (Å²) in [5.41, 5.74) is 1.84. The van der Waals surface area contributed by atoms with Gasteiger partial charge in [-0.15, -0.1) is 0 Å². The summed E-state index contributed by atoms with van der Waals surface area (Å²) in [5.74, 6) is 1.34. The highest BCUT2D eigenvalue weighted by molar-refractivity contribution is 9.10. The van der Waals surface area contributed by atoms with Crippen LogP contribution in [0.4, 0.5) is 5.82 Å². The maximum absolute atomic E-state index is 12.6. The van der Waals surface area contributed by atoms with Crippen LogP contribution in [-0.4, -0.2) is 15.7 Å². The average Bonchev–Trinajstić information content (AvgIpc) is 3.36. The Kier molecular flexibility index (Phi) is 6.89. The Morgan fingerprint density at radius 1 is 1.19 bits per heavy atom. The van der Waals surface area contributed by atoms with Crippen LogP contribution in [0.25, 0.3) is 0 Å². The zero-order chi connectivity index (χ0) is 22.7. The van der Waals surface area contributed by atoms with Gasteiger partial charge in [-0.3, -0.25) is 9.48 Å². The van der Waals surface area contributed by atoms with Crippen LogP contribution in [0, 0.1) is 6.92 Å². The molecule has 0 aliphatic rings. The highest BCUT2D eigenvalue weighted by atomic mass is 79.9. The number of hydrogen-bond acceptors (Lipinski definition) is 4. The lowest BCUT2D eigenvalue weighted by atomic mass is 10.2. The van der Waals surface area contributed by atoms with Gasteiger partial charge in [-0.25, -0.2) is 0 Å². The molecule has 2 heterocycles. The summed E-state index contributed by atoms with van der Waals surface area (Å²) >= 11 is 15.6. The molecule has 0 saturated carbocycles. The predicted molar refractivity (Wildman–Crippen MR) is 128 cm³/mol. The van der Waals surface area contributed by atoms with Crippen LogP contribution < -0.4 is 10.1 Å². The van der Waals surface area contributed by atoms with Crippen molar-refractivity contribution in [3.8, 4) is 5.75 Å². The molecule has 4 rings (SSSR count). The SMILES string of the molecule is Cc1cc(Cl)ccc1OCc1ccc(C(=O)Nc2nn(Cc3ccccc3Cl)cc2Br)o1. The van der Waals surface area contributed by atoms with E-state index < -0.39 is 5.91 Å². The second-order valence-corrected chi connectivity index (χ2v) is 8.73. The first-order valence-corrected chi connectivity index (χ1v) is 11.2. The van der Waals surface area contributed by atoms with Crippen LogP contribution >= 0.6 is 39.1 Å². The van der Waals surface area contributed by atoms with Crippen molar-refractivity contribution in [1.29, 1.82) is 0 Å². The maximum atomic E-state index is 12.6. The van der Waals surface area contributed by atoms with Gasteiger partial charge in [0, 0.05) is 16.2 Å². The largest absolute Gasteiger partial charge is 0.485 e. The van der Waals surface area contributed by atoms with Crippen LogP contribution in [0.3, 0.4) is 0 Å². The van der Waals surface area contributed by atoms with Gasteiger partial charge in [0.15, 0.2) is 11.6 Å². The van der Waals surface area contributed by atoms with Gasteiger partial charge >= 0.3 is 0 Å². The molecule has 9 heteroatoms. The van der Waals surface area contributed by atoms with E-state index in [0.717, 1.165) is 11.1 Å². The Morgan fingerprint density at radius 3 is 2.78 bits per heavy atom. The number of carbonyl (C=O) groups is 1. The lowest BCUT2D eigenvalue weighted by molar-refractivity contribution is 0.0992. The molecule has 4 aromatic rings. The summed E-state index contributed by atoms with van der Waals surface area (Å²) in [7, 11) is 0. The van der Waals surface area contributed by atoms with Gasteiger partial charge in [0.1, 0.15) is 18.1 Å². The summed E-state index contributed by atoms with van der Waals surface area (Å²) < 4.78 is 13.7. The minimum Gasteiger partial charge on any atom is -0.485 e. The molecule has 0 atom stereocenters. The molecule has 164 valence electrons. The summed E-state index contributed by atoms with van der Waals surface area (Å²) in [5, 5.41) is 8.47. The molecule has 2 aromatic carbocycles. The summed E-state index contributed by atoms with van der Waals surface area (Å²) in [4.78, 5) is 12.6. The lowest BCUT2D eigenvalue weighted by Crippen LogP contribution is -2.12. The third kappa shape index (κ3) is 5.35. The molecule has 1 amide bonds. The van der Waals surface area contributed by atoms with Crippen LogP contribution in [0.1, 0.15) is 27.4 Å². The lowest BCUT2D eigenvalue weighted by Gasteiger charge is -2.07. The number of amides is 1. The molecule has 0 spiro atoms. The number of nitrogens with zero attached hydrogens (tertiary/aromatic N) is 2. The molecule has 0 saturated heterocycles. The molecular weight excluding hydrogens is 517 g/mol. The van der Waals surface area contributed by atoms with Crippen LogP contribution in [0.5, 0.6) is 5.75 Å². The number of benzene rings is 2. The normalized spacial score (nSPS) is 10.9. The first-order chi connectivity index (χ1) is 15.4. The number of anilines is 1. The van der Waals surface area contributed by atoms with Gasteiger partial charge in [-0.05, 0) is 70.4 Å². The number of hydrogen-bond donors (Lipinski definition) is 1. The van der Waals surface area contributed by atoms with Crippen molar-refractivity contribution in [3.05, 3.63) is 98.0 Å². The first kappa shape index (κ1) is 22.5. The number of furan rings is 1. The van der Waals surface area contributed by atoms with Gasteiger partial charge in [0.25, 0.3) is 5.91 Å². The first-order valence-electron chi connectivity index (χ1n) is 9.64. The zero-order valence-corrected chi connectivity index (χ0v) is 20.0. The van der Waals surface area contributed by atoms with Crippen molar-refractivity contribution in [2.75, 3.05) is 5.32 Å². The second kappa shape index (κ2) is 9.81. The monoisotopic (exact) mass is 533 g/mol. The van der Waals surface area contributed by atoms with Crippen LogP contribution in [0.2, 0.25) is 10.0 Å². The van der Waals surface area contributed by atoms with Gasteiger partial charge < -0.3 is 14.5 Å². The van der Waals surface area contributed by atoms with Crippen molar-refractivity contribution >= 4 is 50.9 Å². The molecule has 2 aromatic heterocycles. The van der Waals surface area contributed by atoms with E-state index in [1.54, 1.807) is 35.1 Å². The number of nitrogens with one attached hydrogen (secondary N) is 1. The van der Waals surface area contributed by atoms with E-state index in [0.29, 0.717) is 38.4 Å². The third-order valence-corrected chi connectivity index (χ3v) is 5.82. The second-order valence-electron chi connectivity index (χ2n) is 7.03. The van der Waals surface area contributed by atoms with E-state index >= 15 is 0 Å². The molecule has 0 aliphatic carbocycles. The van der Waals surface area contributed by atoms with Crippen molar-refractivity contribution in [2.24, 2.45) is 0 Å². The molecule has 0 fully saturated rings. The number of aryl methyl sites for hydroxylation is 1. The van der Waals surface area contributed by atoms with E-state index in [4.69, 9.17) is 32.4 Å². The Balaban J connectivity index is 1.39. The fraction of sp³-hybridized carbons (Fsp3) is 0.130. The van der Waals surface area contributed by atoms with E-state index in [2.05, 4.69) is 26.3 Å². The fourth-order valence-electron chi connectivity index (χ4n) is 3.03. The Bertz CT molecular complexity index is 1270. The highest BCUT2D eigenvalue weighted by Gasteiger charge is 2.16. The Labute approximate surface area is 203 Å². The Hall–Kier alpha value is -2.74. The van der Waals surface area contributed by atoms with E-state index in [9.17, 15) is 4.79 Å². The minimum absolute atomic E-state index is 0.156. The van der Waals surface area contributed by atoms with Crippen molar-refractivity contribution < 1.29 is 13.9 Å². The maximum Gasteiger partial charge on any atom is 0.292 e. The summed E-state index contributed by atoms with van der Waals surface area (Å²) in [6, 6.07) is 16.2. The predicted octanol–water partition coefficient (Wildman–Crippen LogP) is 6.73. The minimum atomic E-state index is -0.414. The smallest absolute Gasteiger partial charge is 0.292 e.